The summed E-state index contributed by atoms with van der Waals surface area (Å²) in [7, 11) is 0. The average molecular weight is 388 g/mol. The highest BCUT2D eigenvalue weighted by Crippen LogP contribution is 1.88. The molecule has 6 N–H and O–H groups in total. The summed E-state index contributed by atoms with van der Waals surface area (Å²) in [5.74, 6) is -4.17. The van der Waals surface area contributed by atoms with Gasteiger partial charge in [0.05, 0.1) is 25.9 Å². The molecular weight excluding hydrogens is 364 g/mol. The van der Waals surface area contributed by atoms with Crippen molar-refractivity contribution < 1.29 is 39.0 Å². The third-order valence-electron chi connectivity index (χ3n) is 3.02. The van der Waals surface area contributed by atoms with Crippen molar-refractivity contribution in [1.29, 1.82) is 0 Å². The molecule has 0 saturated carbocycles. The minimum absolute atomic E-state index is 0.207. The summed E-state index contributed by atoms with van der Waals surface area (Å²) in [6.07, 6.45) is -0.624. The molecule has 0 aromatic carbocycles. The number of rotatable bonds is 14. The molecule has 0 aliphatic carbocycles. The van der Waals surface area contributed by atoms with E-state index in [1.165, 1.54) is 0 Å². The summed E-state index contributed by atoms with van der Waals surface area (Å²) in [6, 6.07) is 0. The van der Waals surface area contributed by atoms with Gasteiger partial charge in [0.25, 0.3) is 0 Å². The maximum Gasteiger partial charge on any atom is 0.303 e. The predicted molar refractivity (Wildman–Crippen MR) is 90.4 cm³/mol. The number of carbonyl (C=O) groups is 6. The normalized spacial score (nSPS) is 9.78. The third kappa shape index (κ3) is 16.1. The minimum Gasteiger partial charge on any atom is -0.481 e. The molecule has 12 nitrogen and oxygen atoms in total. The Kier molecular flexibility index (Phi) is 12.4. The first kappa shape index (κ1) is 23.8. The summed E-state index contributed by atoms with van der Waals surface area (Å²) in [5, 5.41) is 26.4. The summed E-state index contributed by atoms with van der Waals surface area (Å²) >= 11 is 0. The number of hydrogen-bond acceptors (Lipinski definition) is 6. The Hall–Kier alpha value is -3.18. The van der Waals surface area contributed by atoms with E-state index in [9.17, 15) is 28.8 Å². The fourth-order valence-electron chi connectivity index (χ4n) is 1.64. The number of aliphatic carboxylic acids is 2. The Morgan fingerprint density at radius 2 is 0.889 bits per heavy atom. The second-order valence-corrected chi connectivity index (χ2v) is 5.39. The van der Waals surface area contributed by atoms with Crippen LogP contribution in [0, 0.1) is 0 Å². The smallest absolute Gasteiger partial charge is 0.303 e. The molecule has 0 saturated heterocycles. The molecule has 0 aliphatic heterocycles. The van der Waals surface area contributed by atoms with Crippen molar-refractivity contribution in [2.75, 3.05) is 26.2 Å². The second-order valence-electron chi connectivity index (χ2n) is 5.39. The van der Waals surface area contributed by atoms with E-state index in [0.717, 1.165) is 0 Å². The van der Waals surface area contributed by atoms with E-state index in [4.69, 9.17) is 10.2 Å². The quantitative estimate of drug-likeness (QED) is 0.177. The first-order chi connectivity index (χ1) is 12.7. The first-order valence-corrected chi connectivity index (χ1v) is 8.21. The van der Waals surface area contributed by atoms with Crippen molar-refractivity contribution in [1.82, 2.24) is 21.3 Å². The SMILES string of the molecule is O=C(O)CCC(=O)NCC(=O)NCCCNC(=O)CNC(=O)CCC(=O)O. The molecule has 27 heavy (non-hydrogen) atoms. The number of carbonyl (C=O) groups excluding carboxylic acids is 4. The van der Waals surface area contributed by atoms with E-state index in [1.807, 2.05) is 0 Å². The van der Waals surface area contributed by atoms with Gasteiger partial charge in [-0.3, -0.25) is 28.8 Å². The maximum atomic E-state index is 11.5. The van der Waals surface area contributed by atoms with Crippen LogP contribution in [0.2, 0.25) is 0 Å². The van der Waals surface area contributed by atoms with Crippen LogP contribution < -0.4 is 21.3 Å². The zero-order valence-corrected chi connectivity index (χ0v) is 14.7. The summed E-state index contributed by atoms with van der Waals surface area (Å²) < 4.78 is 0. The van der Waals surface area contributed by atoms with Gasteiger partial charge in [0, 0.05) is 25.9 Å². The van der Waals surface area contributed by atoms with Crippen LogP contribution in [0.5, 0.6) is 0 Å². The Balaban J connectivity index is 3.63. The van der Waals surface area contributed by atoms with Gasteiger partial charge in [0.2, 0.25) is 23.6 Å². The maximum absolute atomic E-state index is 11.5. The van der Waals surface area contributed by atoms with E-state index in [1.54, 1.807) is 0 Å². The van der Waals surface area contributed by atoms with Crippen LogP contribution in [0.25, 0.3) is 0 Å². The lowest BCUT2D eigenvalue weighted by molar-refractivity contribution is -0.139. The van der Waals surface area contributed by atoms with E-state index in [-0.39, 0.29) is 51.9 Å². The minimum atomic E-state index is -1.10. The summed E-state index contributed by atoms with van der Waals surface area (Å²) in [6.45, 7) is -0.0511. The topological polar surface area (TPSA) is 191 Å². The Morgan fingerprint density at radius 1 is 0.519 bits per heavy atom. The molecule has 0 atom stereocenters. The molecule has 12 heteroatoms. The van der Waals surface area contributed by atoms with E-state index in [2.05, 4.69) is 21.3 Å². The van der Waals surface area contributed by atoms with Crippen LogP contribution in [0.1, 0.15) is 32.1 Å². The Labute approximate surface area is 155 Å². The van der Waals surface area contributed by atoms with Crippen LogP contribution in [-0.2, 0) is 28.8 Å². The van der Waals surface area contributed by atoms with Crippen molar-refractivity contribution in [3.8, 4) is 0 Å². The molecule has 0 unspecified atom stereocenters. The lowest BCUT2D eigenvalue weighted by Crippen LogP contribution is -2.39. The highest BCUT2D eigenvalue weighted by Gasteiger charge is 2.08. The molecule has 0 aromatic rings. The molecule has 0 aliphatic rings. The molecule has 0 spiro atoms. The van der Waals surface area contributed by atoms with Gasteiger partial charge in [-0.05, 0) is 6.42 Å². The van der Waals surface area contributed by atoms with Crippen molar-refractivity contribution in [2.24, 2.45) is 0 Å². The van der Waals surface area contributed by atoms with Gasteiger partial charge in [0.1, 0.15) is 0 Å². The molecule has 0 radical (unpaired) electrons. The van der Waals surface area contributed by atoms with Crippen LogP contribution >= 0.6 is 0 Å². The third-order valence-corrected chi connectivity index (χ3v) is 3.02. The summed E-state index contributed by atoms with van der Waals surface area (Å²) in [4.78, 5) is 65.9. The zero-order valence-electron chi connectivity index (χ0n) is 14.7. The average Bonchev–Trinajstić information content (AvgIpc) is 2.60. The number of carboxylic acids is 2. The predicted octanol–water partition coefficient (Wildman–Crippen LogP) is -2.43. The van der Waals surface area contributed by atoms with Crippen molar-refractivity contribution in [3.05, 3.63) is 0 Å². The van der Waals surface area contributed by atoms with Gasteiger partial charge in [-0.25, -0.2) is 0 Å². The van der Waals surface area contributed by atoms with Gasteiger partial charge in [0.15, 0.2) is 0 Å². The van der Waals surface area contributed by atoms with Gasteiger partial charge >= 0.3 is 11.9 Å². The molecule has 4 amide bonds. The van der Waals surface area contributed by atoms with E-state index in [0.29, 0.717) is 6.42 Å². The Morgan fingerprint density at radius 3 is 1.22 bits per heavy atom. The Bertz CT molecular complexity index is 516. The lowest BCUT2D eigenvalue weighted by atomic mass is 10.3. The van der Waals surface area contributed by atoms with Crippen molar-refractivity contribution in [2.45, 2.75) is 32.1 Å². The lowest BCUT2D eigenvalue weighted by Gasteiger charge is -2.08. The van der Waals surface area contributed by atoms with E-state index < -0.39 is 35.6 Å². The monoisotopic (exact) mass is 388 g/mol. The molecule has 0 fully saturated rings. The first-order valence-electron chi connectivity index (χ1n) is 8.21. The fourth-order valence-corrected chi connectivity index (χ4v) is 1.64. The number of amides is 4. The standard InChI is InChI=1S/C15H24N4O8/c20-10(2-4-14(24)25)18-8-12(22)16-6-1-7-17-13(23)9-19-11(21)3-5-15(26)27/h1-9H2,(H,16,22)(H,17,23)(H,18,20)(H,19,21)(H,24,25)(H,26,27). The second kappa shape index (κ2) is 14.0. The van der Waals surface area contributed by atoms with Crippen LogP contribution in [0.3, 0.4) is 0 Å². The fraction of sp³-hybridized carbons (Fsp3) is 0.600. The summed E-state index contributed by atoms with van der Waals surface area (Å²) in [5.41, 5.74) is 0. The molecule has 0 bridgehead atoms. The number of carboxylic acid groups (broad SMARTS) is 2. The van der Waals surface area contributed by atoms with Crippen molar-refractivity contribution >= 4 is 35.6 Å². The largest absolute Gasteiger partial charge is 0.481 e. The molecular formula is C15H24N4O8. The zero-order chi connectivity index (χ0) is 20.7. The number of nitrogens with one attached hydrogen (secondary N) is 4. The van der Waals surface area contributed by atoms with Gasteiger partial charge < -0.3 is 31.5 Å². The number of hydrogen-bond donors (Lipinski definition) is 6. The van der Waals surface area contributed by atoms with Gasteiger partial charge in [-0.2, -0.15) is 0 Å². The van der Waals surface area contributed by atoms with Crippen molar-refractivity contribution in [3.63, 3.8) is 0 Å². The molecule has 0 heterocycles. The van der Waals surface area contributed by atoms with Gasteiger partial charge in [-0.1, -0.05) is 0 Å². The molecule has 0 aromatic heterocycles. The highest BCUT2D eigenvalue weighted by atomic mass is 16.4. The molecule has 0 rings (SSSR count). The van der Waals surface area contributed by atoms with Crippen LogP contribution in [0.4, 0.5) is 0 Å². The van der Waals surface area contributed by atoms with Gasteiger partial charge in [-0.15, -0.1) is 0 Å². The van der Waals surface area contributed by atoms with Crippen LogP contribution in [0.15, 0.2) is 0 Å². The van der Waals surface area contributed by atoms with E-state index >= 15 is 0 Å². The molecule has 152 valence electrons. The highest BCUT2D eigenvalue weighted by molar-refractivity contribution is 5.86. The van der Waals surface area contributed by atoms with Crippen LogP contribution in [-0.4, -0.2) is 72.0 Å².